The molecule has 1 atom stereocenters. The molecule has 1 aliphatic heterocycles. The van der Waals surface area contributed by atoms with E-state index in [0.717, 1.165) is 24.2 Å². The van der Waals surface area contributed by atoms with Gasteiger partial charge in [0, 0.05) is 44.5 Å². The lowest BCUT2D eigenvalue weighted by molar-refractivity contribution is -0.126. The Labute approximate surface area is 163 Å². The van der Waals surface area contributed by atoms with Crippen molar-refractivity contribution in [2.24, 2.45) is 7.05 Å². The Bertz CT molecular complexity index is 983. The van der Waals surface area contributed by atoms with Gasteiger partial charge in [-0.1, -0.05) is 6.07 Å². The van der Waals surface area contributed by atoms with Crippen LogP contribution in [0.5, 0.6) is 0 Å². The lowest BCUT2D eigenvalue weighted by Crippen LogP contribution is -2.30. The number of anilines is 2. The molecule has 142 valence electrons. The molecule has 3 aromatic rings. The van der Waals surface area contributed by atoms with Crippen molar-refractivity contribution in [3.8, 4) is 0 Å². The molecule has 8 nitrogen and oxygen atoms in total. The molecular formula is C20H21N7O. The molecule has 0 saturated carbocycles. The summed E-state index contributed by atoms with van der Waals surface area (Å²) in [6.45, 7) is 0.693. The second-order valence-corrected chi connectivity index (χ2v) is 6.53. The molecule has 0 aliphatic carbocycles. The summed E-state index contributed by atoms with van der Waals surface area (Å²) in [4.78, 5) is 27.9. The Morgan fingerprint density at radius 3 is 2.82 bits per heavy atom. The zero-order chi connectivity index (χ0) is 19.3. The third-order valence-corrected chi connectivity index (χ3v) is 4.74. The first-order valence-corrected chi connectivity index (χ1v) is 9.18. The van der Waals surface area contributed by atoms with Crippen LogP contribution in [0.4, 0.5) is 11.6 Å². The van der Waals surface area contributed by atoms with Crippen molar-refractivity contribution in [3.63, 3.8) is 0 Å². The first-order chi connectivity index (χ1) is 13.7. The number of aryl methyl sites for hydroxylation is 1. The fourth-order valence-corrected chi connectivity index (χ4v) is 3.36. The van der Waals surface area contributed by atoms with Crippen LogP contribution >= 0.6 is 0 Å². The van der Waals surface area contributed by atoms with E-state index in [4.69, 9.17) is 0 Å². The maximum absolute atomic E-state index is 12.8. The van der Waals surface area contributed by atoms with E-state index in [1.54, 1.807) is 41.6 Å². The van der Waals surface area contributed by atoms with E-state index in [2.05, 4.69) is 25.4 Å². The van der Waals surface area contributed by atoms with E-state index in [-0.39, 0.29) is 11.9 Å². The van der Waals surface area contributed by atoms with E-state index in [1.165, 1.54) is 0 Å². The second-order valence-electron chi connectivity index (χ2n) is 6.53. The zero-order valence-electron chi connectivity index (χ0n) is 15.6. The number of hydrogen-bond acceptors (Lipinski definition) is 6. The van der Waals surface area contributed by atoms with Crippen molar-refractivity contribution in [3.05, 3.63) is 66.5 Å². The Kier molecular flexibility index (Phi) is 5.09. The zero-order valence-corrected chi connectivity index (χ0v) is 15.6. The highest BCUT2D eigenvalue weighted by molar-refractivity contribution is 5.92. The Morgan fingerprint density at radius 1 is 1.14 bits per heavy atom. The summed E-state index contributed by atoms with van der Waals surface area (Å²) in [5.41, 5.74) is 1.63. The van der Waals surface area contributed by atoms with Crippen molar-refractivity contribution < 1.29 is 4.79 Å². The molecule has 8 heteroatoms. The van der Waals surface area contributed by atoms with Crippen LogP contribution in [0.2, 0.25) is 0 Å². The summed E-state index contributed by atoms with van der Waals surface area (Å²) in [5, 5.41) is 7.33. The van der Waals surface area contributed by atoms with E-state index >= 15 is 0 Å². The van der Waals surface area contributed by atoms with Gasteiger partial charge in [-0.25, -0.2) is 9.97 Å². The molecule has 1 fully saturated rings. The summed E-state index contributed by atoms with van der Waals surface area (Å²) in [6, 6.07) is 7.37. The largest absolute Gasteiger partial charge is 0.330 e. The molecule has 1 N–H and O–H groups in total. The predicted octanol–water partition coefficient (Wildman–Crippen LogP) is 2.73. The van der Waals surface area contributed by atoms with Crippen LogP contribution in [0.25, 0.3) is 6.08 Å². The van der Waals surface area contributed by atoms with Gasteiger partial charge in [-0.3, -0.25) is 14.5 Å². The first-order valence-electron chi connectivity index (χ1n) is 9.18. The highest BCUT2D eigenvalue weighted by Gasteiger charge is 2.32. The third kappa shape index (κ3) is 3.75. The minimum atomic E-state index is -0.122. The van der Waals surface area contributed by atoms with E-state index in [9.17, 15) is 4.79 Å². The van der Waals surface area contributed by atoms with Gasteiger partial charge >= 0.3 is 0 Å². The second kappa shape index (κ2) is 7.99. The maximum atomic E-state index is 12.8. The molecule has 1 amide bonds. The normalized spacial score (nSPS) is 16.6. The fourth-order valence-electron chi connectivity index (χ4n) is 3.36. The van der Waals surface area contributed by atoms with Crippen LogP contribution in [0.3, 0.4) is 0 Å². The highest BCUT2D eigenvalue weighted by Crippen LogP contribution is 2.34. The molecule has 0 bridgehead atoms. The Morgan fingerprint density at radius 2 is 2.04 bits per heavy atom. The average molecular weight is 375 g/mol. The smallest absolute Gasteiger partial charge is 0.247 e. The lowest BCUT2D eigenvalue weighted by Gasteiger charge is -2.24. The lowest BCUT2D eigenvalue weighted by atomic mass is 10.1. The molecule has 4 rings (SSSR count). The highest BCUT2D eigenvalue weighted by atomic mass is 16.2. The molecule has 4 heterocycles. The molecule has 0 spiro atoms. The Balaban J connectivity index is 1.56. The van der Waals surface area contributed by atoms with Gasteiger partial charge in [0.15, 0.2) is 5.82 Å². The van der Waals surface area contributed by atoms with Crippen molar-refractivity contribution in [1.82, 2.24) is 29.6 Å². The van der Waals surface area contributed by atoms with Crippen LogP contribution in [-0.2, 0) is 11.8 Å². The molecule has 0 unspecified atom stereocenters. The van der Waals surface area contributed by atoms with Crippen LogP contribution in [0, 0.1) is 0 Å². The van der Waals surface area contributed by atoms with Gasteiger partial charge in [-0.2, -0.15) is 5.10 Å². The maximum Gasteiger partial charge on any atom is 0.247 e. The first kappa shape index (κ1) is 17.8. The average Bonchev–Trinajstić information content (AvgIpc) is 3.36. The summed E-state index contributed by atoms with van der Waals surface area (Å²) in [7, 11) is 1.85. The summed E-state index contributed by atoms with van der Waals surface area (Å²) < 4.78 is 1.73. The monoisotopic (exact) mass is 375 g/mol. The molecular weight excluding hydrogens is 354 g/mol. The quantitative estimate of drug-likeness (QED) is 0.690. The summed E-state index contributed by atoms with van der Waals surface area (Å²) in [5.74, 6) is 1.27. The molecule has 0 radical (unpaired) electrons. The molecule has 1 aliphatic rings. The van der Waals surface area contributed by atoms with Gasteiger partial charge in [0.2, 0.25) is 5.91 Å². The fraction of sp³-hybridized carbons (Fsp3) is 0.250. The number of rotatable bonds is 5. The number of carbonyl (C=O) groups excluding carboxylic acids is 1. The van der Waals surface area contributed by atoms with E-state index in [1.807, 2.05) is 36.2 Å². The van der Waals surface area contributed by atoms with Gasteiger partial charge in [0.05, 0.1) is 11.7 Å². The number of pyridine rings is 1. The van der Waals surface area contributed by atoms with Gasteiger partial charge in [-0.15, -0.1) is 0 Å². The van der Waals surface area contributed by atoms with Gasteiger partial charge < -0.3 is 10.2 Å². The predicted molar refractivity (Wildman–Crippen MR) is 105 cm³/mol. The van der Waals surface area contributed by atoms with Crippen molar-refractivity contribution in [2.75, 3.05) is 11.9 Å². The van der Waals surface area contributed by atoms with Crippen LogP contribution in [-0.4, -0.2) is 42.1 Å². The number of aromatic nitrogens is 5. The molecule has 0 aromatic carbocycles. The van der Waals surface area contributed by atoms with Crippen molar-refractivity contribution in [2.45, 2.75) is 18.9 Å². The topological polar surface area (TPSA) is 88.8 Å². The molecule has 28 heavy (non-hydrogen) atoms. The standard InChI is InChI=1S/C20H21N7O/c1-26-15(9-11-24-26)7-8-18(28)27-14-4-5-16(27)19-20(23-13-12-22-19)25-17-6-2-3-10-21-17/h2-3,6-13,16H,4-5,14H2,1H3,(H,21,23,25)/b8-7+/t16-/m0/s1. The minimum absolute atomic E-state index is 0.0434. The van der Waals surface area contributed by atoms with E-state index < -0.39 is 0 Å². The van der Waals surface area contributed by atoms with Gasteiger partial charge in [0.1, 0.15) is 11.5 Å². The number of nitrogens with one attached hydrogen (secondary N) is 1. The summed E-state index contributed by atoms with van der Waals surface area (Å²) in [6.07, 6.45) is 11.9. The van der Waals surface area contributed by atoms with Crippen LogP contribution in [0.15, 0.2) is 55.1 Å². The number of nitrogens with zero attached hydrogens (tertiary/aromatic N) is 6. The van der Waals surface area contributed by atoms with Gasteiger partial charge in [-0.05, 0) is 37.1 Å². The SMILES string of the molecule is Cn1nccc1/C=C/C(=O)N1CCC[C@H]1c1nccnc1Nc1ccccn1. The number of hydrogen-bond donors (Lipinski definition) is 1. The number of amides is 1. The van der Waals surface area contributed by atoms with Crippen LogP contribution < -0.4 is 5.32 Å². The minimum Gasteiger partial charge on any atom is -0.330 e. The molecule has 1 saturated heterocycles. The number of likely N-dealkylation sites (tertiary alicyclic amines) is 1. The van der Waals surface area contributed by atoms with Crippen LogP contribution in [0.1, 0.15) is 30.3 Å². The summed E-state index contributed by atoms with van der Waals surface area (Å²) >= 11 is 0. The van der Waals surface area contributed by atoms with Gasteiger partial charge in [0.25, 0.3) is 0 Å². The van der Waals surface area contributed by atoms with Crippen molar-refractivity contribution >= 4 is 23.6 Å². The number of carbonyl (C=O) groups is 1. The van der Waals surface area contributed by atoms with Crippen molar-refractivity contribution in [1.29, 1.82) is 0 Å². The van der Waals surface area contributed by atoms with E-state index in [0.29, 0.717) is 18.2 Å². The molecule has 3 aromatic heterocycles. The third-order valence-electron chi connectivity index (χ3n) is 4.74. The Hall–Kier alpha value is -3.55.